The standard InChI is InChI=1S/C10H10BrClO2/c1-14-10-7(3-2-4-13)5-8(12)6-9(10)11/h4-6H,2-3H2,1H3. The van der Waals surface area contributed by atoms with E-state index in [1.807, 2.05) is 6.07 Å². The van der Waals surface area contributed by atoms with E-state index in [1.54, 1.807) is 13.2 Å². The zero-order chi connectivity index (χ0) is 10.6. The van der Waals surface area contributed by atoms with Gasteiger partial charge >= 0.3 is 0 Å². The van der Waals surface area contributed by atoms with Crippen LogP contribution in [-0.2, 0) is 11.2 Å². The van der Waals surface area contributed by atoms with Gasteiger partial charge in [-0.2, -0.15) is 0 Å². The fraction of sp³-hybridized carbons (Fsp3) is 0.300. The molecule has 0 unspecified atom stereocenters. The number of carbonyl (C=O) groups excluding carboxylic acids is 1. The molecule has 0 amide bonds. The molecule has 0 heterocycles. The first kappa shape index (κ1) is 11.5. The number of rotatable bonds is 4. The van der Waals surface area contributed by atoms with Gasteiger partial charge in [0.2, 0.25) is 0 Å². The maximum Gasteiger partial charge on any atom is 0.136 e. The largest absolute Gasteiger partial charge is 0.495 e. The van der Waals surface area contributed by atoms with Crippen molar-refractivity contribution in [1.29, 1.82) is 0 Å². The second-order valence-corrected chi connectivity index (χ2v) is 4.08. The highest BCUT2D eigenvalue weighted by Gasteiger charge is 2.08. The molecule has 0 bridgehead atoms. The van der Waals surface area contributed by atoms with Crippen molar-refractivity contribution in [2.24, 2.45) is 0 Å². The number of methoxy groups -OCH3 is 1. The van der Waals surface area contributed by atoms with Crippen LogP contribution in [0.5, 0.6) is 5.75 Å². The van der Waals surface area contributed by atoms with E-state index in [4.69, 9.17) is 16.3 Å². The molecule has 1 aromatic rings. The van der Waals surface area contributed by atoms with E-state index in [2.05, 4.69) is 15.9 Å². The van der Waals surface area contributed by atoms with Gasteiger partial charge in [-0.15, -0.1) is 0 Å². The van der Waals surface area contributed by atoms with Gasteiger partial charge in [0.15, 0.2) is 0 Å². The quantitative estimate of drug-likeness (QED) is 0.790. The Morgan fingerprint density at radius 2 is 2.29 bits per heavy atom. The molecule has 0 saturated heterocycles. The van der Waals surface area contributed by atoms with Gasteiger partial charge in [-0.05, 0) is 40.0 Å². The number of aryl methyl sites for hydroxylation is 1. The second-order valence-electron chi connectivity index (χ2n) is 2.79. The molecule has 14 heavy (non-hydrogen) atoms. The molecule has 0 radical (unpaired) electrons. The third-order valence-corrected chi connectivity index (χ3v) is 2.63. The molecule has 4 heteroatoms. The molecule has 0 saturated carbocycles. The average Bonchev–Trinajstić information content (AvgIpc) is 2.14. The number of hydrogen-bond acceptors (Lipinski definition) is 2. The van der Waals surface area contributed by atoms with Crippen LogP contribution in [0.2, 0.25) is 5.02 Å². The van der Waals surface area contributed by atoms with Gasteiger partial charge in [-0.1, -0.05) is 11.6 Å². The average molecular weight is 278 g/mol. The van der Waals surface area contributed by atoms with Crippen molar-refractivity contribution in [3.05, 3.63) is 27.2 Å². The highest BCUT2D eigenvalue weighted by atomic mass is 79.9. The summed E-state index contributed by atoms with van der Waals surface area (Å²) < 4.78 is 6.02. The second kappa shape index (κ2) is 5.37. The lowest BCUT2D eigenvalue weighted by atomic mass is 10.1. The number of ether oxygens (including phenoxy) is 1. The van der Waals surface area contributed by atoms with Crippen LogP contribution >= 0.6 is 27.5 Å². The Kier molecular flexibility index (Phi) is 4.42. The van der Waals surface area contributed by atoms with Crippen LogP contribution in [0, 0.1) is 0 Å². The van der Waals surface area contributed by atoms with Crippen LogP contribution in [0.4, 0.5) is 0 Å². The summed E-state index contributed by atoms with van der Waals surface area (Å²) in [6.07, 6.45) is 2.00. The molecule has 0 aliphatic carbocycles. The Morgan fingerprint density at radius 1 is 1.57 bits per heavy atom. The molecule has 0 fully saturated rings. The number of benzene rings is 1. The Hall–Kier alpha value is -0.540. The van der Waals surface area contributed by atoms with E-state index < -0.39 is 0 Å². The maximum atomic E-state index is 10.3. The van der Waals surface area contributed by atoms with Crippen molar-refractivity contribution < 1.29 is 9.53 Å². The topological polar surface area (TPSA) is 26.3 Å². The van der Waals surface area contributed by atoms with Crippen molar-refractivity contribution in [3.63, 3.8) is 0 Å². The fourth-order valence-corrected chi connectivity index (χ4v) is 2.28. The normalized spacial score (nSPS) is 9.93. The lowest BCUT2D eigenvalue weighted by Crippen LogP contribution is -1.94. The van der Waals surface area contributed by atoms with E-state index >= 15 is 0 Å². The first-order valence-electron chi connectivity index (χ1n) is 4.14. The first-order chi connectivity index (χ1) is 6.69. The number of aldehydes is 1. The monoisotopic (exact) mass is 276 g/mol. The Morgan fingerprint density at radius 3 is 2.86 bits per heavy atom. The Labute approximate surface area is 96.3 Å². The van der Waals surface area contributed by atoms with Gasteiger partial charge in [0.1, 0.15) is 12.0 Å². The van der Waals surface area contributed by atoms with Crippen molar-refractivity contribution in [1.82, 2.24) is 0 Å². The van der Waals surface area contributed by atoms with Gasteiger partial charge < -0.3 is 9.53 Å². The molecule has 0 aromatic heterocycles. The minimum absolute atomic E-state index is 0.475. The van der Waals surface area contributed by atoms with E-state index in [0.717, 1.165) is 22.1 Å². The van der Waals surface area contributed by atoms with Crippen LogP contribution in [-0.4, -0.2) is 13.4 Å². The van der Waals surface area contributed by atoms with Crippen LogP contribution in [0.1, 0.15) is 12.0 Å². The molecule has 1 aromatic carbocycles. The summed E-state index contributed by atoms with van der Waals surface area (Å²) in [4.78, 5) is 10.3. The smallest absolute Gasteiger partial charge is 0.136 e. The molecular formula is C10H10BrClO2. The van der Waals surface area contributed by atoms with Crippen LogP contribution in [0.3, 0.4) is 0 Å². The minimum atomic E-state index is 0.475. The predicted octanol–water partition coefficient (Wildman–Crippen LogP) is 3.24. The summed E-state index contributed by atoms with van der Waals surface area (Å²) in [5.74, 6) is 0.747. The highest BCUT2D eigenvalue weighted by molar-refractivity contribution is 9.10. The molecule has 0 atom stereocenters. The Balaban J connectivity index is 3.04. The molecule has 1 rings (SSSR count). The summed E-state index contributed by atoms with van der Waals surface area (Å²) >= 11 is 9.24. The molecule has 2 nitrogen and oxygen atoms in total. The zero-order valence-electron chi connectivity index (χ0n) is 7.72. The van der Waals surface area contributed by atoms with Gasteiger partial charge in [0.05, 0.1) is 11.6 Å². The van der Waals surface area contributed by atoms with Crippen molar-refractivity contribution >= 4 is 33.8 Å². The molecule has 76 valence electrons. The Bertz CT molecular complexity index is 339. The van der Waals surface area contributed by atoms with Crippen molar-refractivity contribution in [3.8, 4) is 5.75 Å². The minimum Gasteiger partial charge on any atom is -0.495 e. The van der Waals surface area contributed by atoms with Gasteiger partial charge in [-0.3, -0.25) is 0 Å². The van der Waals surface area contributed by atoms with Crippen LogP contribution in [0.25, 0.3) is 0 Å². The predicted molar refractivity (Wildman–Crippen MR) is 60.1 cm³/mol. The van der Waals surface area contributed by atoms with E-state index in [-0.39, 0.29) is 0 Å². The third kappa shape index (κ3) is 2.72. The molecular weight excluding hydrogens is 267 g/mol. The summed E-state index contributed by atoms with van der Waals surface area (Å²) in [7, 11) is 1.60. The number of carbonyl (C=O) groups is 1. The van der Waals surface area contributed by atoms with Crippen molar-refractivity contribution in [2.75, 3.05) is 7.11 Å². The van der Waals surface area contributed by atoms with Gasteiger partial charge in [0.25, 0.3) is 0 Å². The first-order valence-corrected chi connectivity index (χ1v) is 5.31. The van der Waals surface area contributed by atoms with E-state index in [0.29, 0.717) is 17.9 Å². The molecule has 0 N–H and O–H groups in total. The van der Waals surface area contributed by atoms with E-state index in [9.17, 15) is 4.79 Å². The number of hydrogen-bond donors (Lipinski definition) is 0. The summed E-state index contributed by atoms with van der Waals surface area (Å²) in [6, 6.07) is 3.58. The summed E-state index contributed by atoms with van der Waals surface area (Å²) in [5, 5.41) is 0.638. The lowest BCUT2D eigenvalue weighted by Gasteiger charge is -2.09. The van der Waals surface area contributed by atoms with Crippen molar-refractivity contribution in [2.45, 2.75) is 12.8 Å². The maximum absolute atomic E-state index is 10.3. The van der Waals surface area contributed by atoms with Crippen LogP contribution < -0.4 is 4.74 Å². The van der Waals surface area contributed by atoms with Gasteiger partial charge in [0, 0.05) is 11.4 Å². The highest BCUT2D eigenvalue weighted by Crippen LogP contribution is 2.32. The SMILES string of the molecule is COc1c(Br)cc(Cl)cc1CCC=O. The lowest BCUT2D eigenvalue weighted by molar-refractivity contribution is -0.107. The summed E-state index contributed by atoms with van der Waals surface area (Å²) in [6.45, 7) is 0. The number of halogens is 2. The summed E-state index contributed by atoms with van der Waals surface area (Å²) in [5.41, 5.74) is 0.943. The molecule has 0 aliphatic heterocycles. The third-order valence-electron chi connectivity index (χ3n) is 1.82. The molecule has 0 spiro atoms. The van der Waals surface area contributed by atoms with Gasteiger partial charge in [-0.25, -0.2) is 0 Å². The van der Waals surface area contributed by atoms with E-state index in [1.165, 1.54) is 0 Å². The van der Waals surface area contributed by atoms with Crippen LogP contribution in [0.15, 0.2) is 16.6 Å². The zero-order valence-corrected chi connectivity index (χ0v) is 10.1. The fourth-order valence-electron chi connectivity index (χ4n) is 1.24. The molecule has 0 aliphatic rings.